The highest BCUT2D eigenvalue weighted by Gasteiger charge is 2.19. The average molecular weight is 241 g/mol. The number of likely N-dealkylation sites (N-methyl/N-ethyl adjacent to an activating group) is 1. The smallest absolute Gasteiger partial charge is 0.0661 e. The highest BCUT2D eigenvalue weighted by atomic mass is 16.5. The zero-order valence-electron chi connectivity index (χ0n) is 10.8. The Morgan fingerprint density at radius 3 is 3.00 bits per heavy atom. The van der Waals surface area contributed by atoms with Gasteiger partial charge < -0.3 is 10.1 Å². The normalized spacial score (nSPS) is 19.5. The summed E-state index contributed by atoms with van der Waals surface area (Å²) in [6.45, 7) is 4.72. The third-order valence-corrected chi connectivity index (χ3v) is 3.68. The Labute approximate surface area is 108 Å². The van der Waals surface area contributed by atoms with Crippen LogP contribution < -0.4 is 5.32 Å². The number of nitrogens with one attached hydrogen (secondary N) is 1. The Balaban J connectivity index is 2.16. The van der Waals surface area contributed by atoms with Gasteiger partial charge in [-0.2, -0.15) is 0 Å². The van der Waals surface area contributed by atoms with Crippen molar-refractivity contribution in [2.24, 2.45) is 0 Å². The largest absolute Gasteiger partial charge is 0.379 e. The minimum absolute atomic E-state index is 0.331. The van der Waals surface area contributed by atoms with Crippen molar-refractivity contribution in [2.45, 2.75) is 19.4 Å². The predicted molar refractivity (Wildman–Crippen MR) is 74.9 cm³/mol. The minimum Gasteiger partial charge on any atom is -0.379 e. The van der Waals surface area contributed by atoms with Crippen molar-refractivity contribution in [2.75, 3.05) is 19.8 Å². The van der Waals surface area contributed by atoms with Crippen LogP contribution in [0.1, 0.15) is 24.1 Å². The topological polar surface area (TPSA) is 21.3 Å². The van der Waals surface area contributed by atoms with Crippen molar-refractivity contribution >= 4 is 10.8 Å². The van der Waals surface area contributed by atoms with E-state index in [-0.39, 0.29) is 0 Å². The molecule has 0 bridgehead atoms. The summed E-state index contributed by atoms with van der Waals surface area (Å²) in [5.74, 6) is 0. The van der Waals surface area contributed by atoms with E-state index in [1.165, 1.54) is 21.9 Å². The molecule has 2 heteroatoms. The van der Waals surface area contributed by atoms with Crippen molar-refractivity contribution in [1.82, 2.24) is 5.32 Å². The molecular weight excluding hydrogens is 222 g/mol. The van der Waals surface area contributed by atoms with Crippen molar-refractivity contribution in [1.29, 1.82) is 0 Å². The first-order chi connectivity index (χ1) is 8.90. The van der Waals surface area contributed by atoms with Gasteiger partial charge in [0.05, 0.1) is 19.3 Å². The van der Waals surface area contributed by atoms with Crippen molar-refractivity contribution in [3.8, 4) is 0 Å². The quantitative estimate of drug-likeness (QED) is 0.872. The second-order valence-corrected chi connectivity index (χ2v) is 4.79. The molecule has 0 aliphatic carbocycles. The van der Waals surface area contributed by atoms with E-state index < -0.39 is 0 Å². The highest BCUT2D eigenvalue weighted by Crippen LogP contribution is 2.29. The maximum Gasteiger partial charge on any atom is 0.0661 e. The molecule has 1 atom stereocenters. The molecule has 0 spiro atoms. The summed E-state index contributed by atoms with van der Waals surface area (Å²) in [5.41, 5.74) is 2.87. The highest BCUT2D eigenvalue weighted by molar-refractivity contribution is 5.87. The molecule has 3 rings (SSSR count). The van der Waals surface area contributed by atoms with E-state index in [0.717, 1.165) is 26.2 Å². The first kappa shape index (κ1) is 11.7. The molecule has 18 heavy (non-hydrogen) atoms. The van der Waals surface area contributed by atoms with Gasteiger partial charge in [-0.3, -0.25) is 0 Å². The second kappa shape index (κ2) is 5.09. The van der Waals surface area contributed by atoms with E-state index in [9.17, 15) is 0 Å². The zero-order chi connectivity index (χ0) is 12.4. The fourth-order valence-electron chi connectivity index (χ4n) is 2.84. The molecule has 0 saturated carbocycles. The summed E-state index contributed by atoms with van der Waals surface area (Å²) in [6.07, 6.45) is 1.01. The number of hydrogen-bond acceptors (Lipinski definition) is 2. The summed E-state index contributed by atoms with van der Waals surface area (Å²) in [4.78, 5) is 0. The Bertz CT molecular complexity index is 550. The lowest BCUT2D eigenvalue weighted by Gasteiger charge is -2.19. The molecule has 1 unspecified atom stereocenters. The van der Waals surface area contributed by atoms with Crippen LogP contribution in [0.4, 0.5) is 0 Å². The van der Waals surface area contributed by atoms with Gasteiger partial charge in [0.1, 0.15) is 0 Å². The number of hydrogen-bond donors (Lipinski definition) is 1. The van der Waals surface area contributed by atoms with Crippen LogP contribution >= 0.6 is 0 Å². The lowest BCUT2D eigenvalue weighted by atomic mass is 9.93. The first-order valence-corrected chi connectivity index (χ1v) is 6.72. The van der Waals surface area contributed by atoms with Crippen molar-refractivity contribution < 1.29 is 4.74 Å². The van der Waals surface area contributed by atoms with Gasteiger partial charge in [-0.05, 0) is 34.9 Å². The van der Waals surface area contributed by atoms with Crippen LogP contribution in [0.5, 0.6) is 0 Å². The molecule has 0 aromatic heterocycles. The first-order valence-electron chi connectivity index (χ1n) is 6.72. The SMILES string of the molecule is CCNC1COCCc2c1ccc1ccccc21. The van der Waals surface area contributed by atoms with Crippen molar-refractivity contribution in [3.63, 3.8) is 0 Å². The third-order valence-electron chi connectivity index (χ3n) is 3.68. The van der Waals surface area contributed by atoms with Gasteiger partial charge in [0.2, 0.25) is 0 Å². The molecule has 1 aliphatic heterocycles. The molecule has 1 aliphatic rings. The van der Waals surface area contributed by atoms with E-state index in [2.05, 4.69) is 48.6 Å². The van der Waals surface area contributed by atoms with Crippen LogP contribution in [0.2, 0.25) is 0 Å². The van der Waals surface area contributed by atoms with E-state index >= 15 is 0 Å². The van der Waals surface area contributed by atoms with Gasteiger partial charge in [0.25, 0.3) is 0 Å². The fourth-order valence-corrected chi connectivity index (χ4v) is 2.84. The molecule has 0 saturated heterocycles. The summed E-state index contributed by atoms with van der Waals surface area (Å²) in [5, 5.41) is 6.23. The van der Waals surface area contributed by atoms with Crippen LogP contribution in [0.3, 0.4) is 0 Å². The van der Waals surface area contributed by atoms with Crippen LogP contribution in [0.15, 0.2) is 36.4 Å². The van der Waals surface area contributed by atoms with E-state index in [4.69, 9.17) is 4.74 Å². The Morgan fingerprint density at radius 2 is 2.11 bits per heavy atom. The maximum absolute atomic E-state index is 5.73. The van der Waals surface area contributed by atoms with Gasteiger partial charge in [0.15, 0.2) is 0 Å². The lowest BCUT2D eigenvalue weighted by molar-refractivity contribution is 0.122. The van der Waals surface area contributed by atoms with Gasteiger partial charge in [-0.25, -0.2) is 0 Å². The number of fused-ring (bicyclic) bond motifs is 3. The monoisotopic (exact) mass is 241 g/mol. The Morgan fingerprint density at radius 1 is 1.22 bits per heavy atom. The number of benzene rings is 2. The molecule has 2 aromatic carbocycles. The molecule has 1 N–H and O–H groups in total. The molecular formula is C16H19NO. The Kier molecular flexibility index (Phi) is 3.31. The molecule has 0 fully saturated rings. The van der Waals surface area contributed by atoms with E-state index in [1.807, 2.05) is 0 Å². The molecule has 0 amide bonds. The number of rotatable bonds is 2. The van der Waals surface area contributed by atoms with Crippen LogP contribution in [0, 0.1) is 0 Å². The Hall–Kier alpha value is -1.38. The average Bonchev–Trinajstić information content (AvgIpc) is 2.62. The molecule has 0 radical (unpaired) electrons. The van der Waals surface area contributed by atoms with Crippen LogP contribution in [-0.4, -0.2) is 19.8 Å². The van der Waals surface area contributed by atoms with Gasteiger partial charge >= 0.3 is 0 Å². The minimum atomic E-state index is 0.331. The summed E-state index contributed by atoms with van der Waals surface area (Å²) in [7, 11) is 0. The van der Waals surface area contributed by atoms with E-state index in [0.29, 0.717) is 6.04 Å². The summed E-state index contributed by atoms with van der Waals surface area (Å²) >= 11 is 0. The van der Waals surface area contributed by atoms with E-state index in [1.54, 1.807) is 0 Å². The number of ether oxygens (including phenoxy) is 1. The van der Waals surface area contributed by atoms with Crippen molar-refractivity contribution in [3.05, 3.63) is 47.5 Å². The van der Waals surface area contributed by atoms with Gasteiger partial charge in [-0.15, -0.1) is 0 Å². The molecule has 2 nitrogen and oxygen atoms in total. The molecule has 2 aromatic rings. The predicted octanol–water partition coefficient (Wildman–Crippen LogP) is 3.06. The van der Waals surface area contributed by atoms with Gasteiger partial charge in [0, 0.05) is 0 Å². The third kappa shape index (κ3) is 2.02. The zero-order valence-corrected chi connectivity index (χ0v) is 10.8. The summed E-state index contributed by atoms with van der Waals surface area (Å²) < 4.78 is 5.73. The maximum atomic E-state index is 5.73. The fraction of sp³-hybridized carbons (Fsp3) is 0.375. The second-order valence-electron chi connectivity index (χ2n) is 4.79. The van der Waals surface area contributed by atoms with Crippen LogP contribution in [-0.2, 0) is 11.2 Å². The summed E-state index contributed by atoms with van der Waals surface area (Å²) in [6, 6.07) is 13.5. The standard InChI is InChI=1S/C16H19NO/c1-2-17-16-11-18-10-9-14-13-6-4-3-5-12(13)7-8-15(14)16/h3-8,16-17H,2,9-11H2,1H3. The molecule has 1 heterocycles. The van der Waals surface area contributed by atoms with Crippen LogP contribution in [0.25, 0.3) is 10.8 Å². The lowest BCUT2D eigenvalue weighted by Crippen LogP contribution is -2.24. The van der Waals surface area contributed by atoms with Gasteiger partial charge in [-0.1, -0.05) is 43.3 Å². The molecule has 94 valence electrons.